The Kier molecular flexibility index (Phi) is 3.88. The number of hydrogen-bond donors (Lipinski definition) is 1. The third-order valence-electron chi connectivity index (χ3n) is 3.64. The Labute approximate surface area is 124 Å². The molecule has 1 fully saturated rings. The molecule has 2 atom stereocenters. The number of nitrogens with zero attached hydrogens (tertiary/aromatic N) is 2. The molecular weight excluding hydrogens is 270 g/mol. The maximum Gasteiger partial charge on any atom is 0.163 e. The molecule has 0 saturated heterocycles. The van der Waals surface area contributed by atoms with Gasteiger partial charge in [-0.05, 0) is 18.8 Å². The standard InChI is InChI=1S/C16H18ClN3/c1-2-6-12-9-13(12)18-15-10-14(17)19-16(20-15)11-7-4-3-5-8-11/h3-5,7-8,10,12-13H,2,6,9H2,1H3,(H,18,19,20). The van der Waals surface area contributed by atoms with Crippen LogP contribution in [0, 0.1) is 5.92 Å². The molecule has 2 aromatic rings. The van der Waals surface area contributed by atoms with E-state index in [1.54, 1.807) is 6.07 Å². The summed E-state index contributed by atoms with van der Waals surface area (Å²) in [5.41, 5.74) is 0.985. The molecule has 0 aliphatic heterocycles. The molecule has 0 amide bonds. The summed E-state index contributed by atoms with van der Waals surface area (Å²) in [5, 5.41) is 3.95. The van der Waals surface area contributed by atoms with Crippen molar-refractivity contribution >= 4 is 17.4 Å². The van der Waals surface area contributed by atoms with Crippen molar-refractivity contribution in [3.05, 3.63) is 41.6 Å². The van der Waals surface area contributed by atoms with Gasteiger partial charge in [-0.25, -0.2) is 9.97 Å². The topological polar surface area (TPSA) is 37.8 Å². The summed E-state index contributed by atoms with van der Waals surface area (Å²) < 4.78 is 0. The third-order valence-corrected chi connectivity index (χ3v) is 3.84. The molecule has 104 valence electrons. The quantitative estimate of drug-likeness (QED) is 0.829. The van der Waals surface area contributed by atoms with Gasteiger partial charge in [0, 0.05) is 17.7 Å². The van der Waals surface area contributed by atoms with Crippen LogP contribution >= 0.6 is 11.6 Å². The first-order chi connectivity index (χ1) is 9.76. The van der Waals surface area contributed by atoms with Crippen LogP contribution in [-0.2, 0) is 0 Å². The molecule has 1 aliphatic rings. The normalized spacial score (nSPS) is 20.7. The second-order valence-corrected chi connectivity index (χ2v) is 5.69. The number of halogens is 1. The molecule has 1 saturated carbocycles. The number of nitrogens with one attached hydrogen (secondary N) is 1. The van der Waals surface area contributed by atoms with Crippen molar-refractivity contribution in [1.82, 2.24) is 9.97 Å². The highest BCUT2D eigenvalue weighted by Gasteiger charge is 2.36. The van der Waals surface area contributed by atoms with Crippen LogP contribution in [0.25, 0.3) is 11.4 Å². The van der Waals surface area contributed by atoms with Gasteiger partial charge in [-0.2, -0.15) is 0 Å². The van der Waals surface area contributed by atoms with E-state index in [1.165, 1.54) is 19.3 Å². The Bertz CT molecular complexity index is 586. The zero-order valence-corrected chi connectivity index (χ0v) is 12.3. The molecular formula is C16H18ClN3. The molecule has 1 aromatic heterocycles. The van der Waals surface area contributed by atoms with E-state index in [0.29, 0.717) is 17.0 Å². The van der Waals surface area contributed by atoms with Gasteiger partial charge < -0.3 is 5.32 Å². The molecule has 1 N–H and O–H groups in total. The van der Waals surface area contributed by atoms with Crippen molar-refractivity contribution in [1.29, 1.82) is 0 Å². The Morgan fingerprint density at radius 2 is 2.05 bits per heavy atom. The summed E-state index contributed by atoms with van der Waals surface area (Å²) in [6.07, 6.45) is 3.75. The minimum Gasteiger partial charge on any atom is -0.367 e. The van der Waals surface area contributed by atoms with Gasteiger partial charge >= 0.3 is 0 Å². The fourth-order valence-corrected chi connectivity index (χ4v) is 2.70. The molecule has 0 bridgehead atoms. The van der Waals surface area contributed by atoms with Crippen molar-refractivity contribution in [3.63, 3.8) is 0 Å². The highest BCUT2D eigenvalue weighted by Crippen LogP contribution is 2.37. The second-order valence-electron chi connectivity index (χ2n) is 5.30. The van der Waals surface area contributed by atoms with E-state index < -0.39 is 0 Å². The maximum absolute atomic E-state index is 6.11. The van der Waals surface area contributed by atoms with Gasteiger partial charge in [-0.3, -0.25) is 0 Å². The smallest absolute Gasteiger partial charge is 0.163 e. The van der Waals surface area contributed by atoms with Crippen molar-refractivity contribution in [3.8, 4) is 11.4 Å². The average molecular weight is 288 g/mol. The average Bonchev–Trinajstić information content (AvgIpc) is 3.17. The second kappa shape index (κ2) is 5.80. The van der Waals surface area contributed by atoms with Crippen LogP contribution in [0.3, 0.4) is 0 Å². The number of rotatable bonds is 5. The molecule has 20 heavy (non-hydrogen) atoms. The maximum atomic E-state index is 6.11. The highest BCUT2D eigenvalue weighted by atomic mass is 35.5. The van der Waals surface area contributed by atoms with E-state index in [1.807, 2.05) is 30.3 Å². The Hall–Kier alpha value is -1.61. The highest BCUT2D eigenvalue weighted by molar-refractivity contribution is 6.29. The molecule has 3 rings (SSSR count). The van der Waals surface area contributed by atoms with Gasteiger partial charge in [0.25, 0.3) is 0 Å². The zero-order valence-electron chi connectivity index (χ0n) is 11.5. The van der Waals surface area contributed by atoms with Crippen molar-refractivity contribution in [2.75, 3.05) is 5.32 Å². The van der Waals surface area contributed by atoms with Crippen molar-refractivity contribution in [2.24, 2.45) is 5.92 Å². The minimum atomic E-state index is 0.481. The lowest BCUT2D eigenvalue weighted by Crippen LogP contribution is -2.07. The summed E-state index contributed by atoms with van der Waals surface area (Å²) in [6, 6.07) is 12.3. The monoisotopic (exact) mass is 287 g/mol. The van der Waals surface area contributed by atoms with Gasteiger partial charge in [-0.1, -0.05) is 55.3 Å². The number of benzene rings is 1. The number of hydrogen-bond acceptors (Lipinski definition) is 3. The summed E-state index contributed by atoms with van der Waals surface area (Å²) in [4.78, 5) is 8.87. The van der Waals surface area contributed by atoms with Crippen LogP contribution in [0.5, 0.6) is 0 Å². The van der Waals surface area contributed by atoms with Crippen molar-refractivity contribution < 1.29 is 0 Å². The summed E-state index contributed by atoms with van der Waals surface area (Å²) in [6.45, 7) is 2.23. The van der Waals surface area contributed by atoms with E-state index in [9.17, 15) is 0 Å². The van der Waals surface area contributed by atoms with Gasteiger partial charge in [0.2, 0.25) is 0 Å². The van der Waals surface area contributed by atoms with E-state index in [4.69, 9.17) is 11.6 Å². The van der Waals surface area contributed by atoms with E-state index in [2.05, 4.69) is 22.2 Å². The van der Waals surface area contributed by atoms with Gasteiger partial charge in [0.15, 0.2) is 5.82 Å². The largest absolute Gasteiger partial charge is 0.367 e. The minimum absolute atomic E-state index is 0.481. The fraction of sp³-hybridized carbons (Fsp3) is 0.375. The Morgan fingerprint density at radius 1 is 1.25 bits per heavy atom. The van der Waals surface area contributed by atoms with Crippen LogP contribution in [0.4, 0.5) is 5.82 Å². The number of anilines is 1. The van der Waals surface area contributed by atoms with Gasteiger partial charge in [0.05, 0.1) is 0 Å². The predicted octanol–water partition coefficient (Wildman–Crippen LogP) is 4.40. The molecule has 0 radical (unpaired) electrons. The molecule has 1 aromatic carbocycles. The fourth-order valence-electron chi connectivity index (χ4n) is 2.51. The summed E-state index contributed by atoms with van der Waals surface area (Å²) in [7, 11) is 0. The van der Waals surface area contributed by atoms with Crippen LogP contribution in [0.15, 0.2) is 36.4 Å². The van der Waals surface area contributed by atoms with Gasteiger partial charge in [-0.15, -0.1) is 0 Å². The number of aromatic nitrogens is 2. The van der Waals surface area contributed by atoms with Crippen LogP contribution in [-0.4, -0.2) is 16.0 Å². The van der Waals surface area contributed by atoms with E-state index in [-0.39, 0.29) is 0 Å². The van der Waals surface area contributed by atoms with Crippen LogP contribution in [0.2, 0.25) is 5.15 Å². The summed E-state index contributed by atoms with van der Waals surface area (Å²) >= 11 is 6.11. The third kappa shape index (κ3) is 3.10. The molecule has 3 nitrogen and oxygen atoms in total. The Morgan fingerprint density at radius 3 is 2.80 bits per heavy atom. The van der Waals surface area contributed by atoms with E-state index in [0.717, 1.165) is 17.3 Å². The Balaban J connectivity index is 1.78. The lowest BCUT2D eigenvalue weighted by molar-refractivity contribution is 0.692. The van der Waals surface area contributed by atoms with E-state index >= 15 is 0 Å². The van der Waals surface area contributed by atoms with Gasteiger partial charge in [0.1, 0.15) is 11.0 Å². The molecule has 4 heteroatoms. The summed E-state index contributed by atoms with van der Waals surface area (Å²) in [5.74, 6) is 2.29. The predicted molar refractivity (Wildman–Crippen MR) is 82.9 cm³/mol. The van der Waals surface area contributed by atoms with Crippen molar-refractivity contribution in [2.45, 2.75) is 32.2 Å². The molecule has 1 aliphatic carbocycles. The lowest BCUT2D eigenvalue weighted by Gasteiger charge is -2.07. The molecule has 0 spiro atoms. The first-order valence-corrected chi connectivity index (χ1v) is 7.50. The first kappa shape index (κ1) is 13.4. The SMILES string of the molecule is CCCC1CC1Nc1cc(Cl)nc(-c2ccccc2)n1. The molecule has 1 heterocycles. The molecule has 2 unspecified atom stereocenters. The van der Waals surface area contributed by atoms with Crippen LogP contribution < -0.4 is 5.32 Å². The zero-order chi connectivity index (χ0) is 13.9. The van der Waals surface area contributed by atoms with Crippen LogP contribution in [0.1, 0.15) is 26.2 Å². The first-order valence-electron chi connectivity index (χ1n) is 7.13. The lowest BCUT2D eigenvalue weighted by atomic mass is 10.2.